The van der Waals surface area contributed by atoms with Crippen LogP contribution < -0.4 is 0 Å². The van der Waals surface area contributed by atoms with E-state index in [1.807, 2.05) is 35.8 Å². The topological polar surface area (TPSA) is 41.4 Å². The number of carbonyl (C=O) groups excluding carboxylic acids is 1. The van der Waals surface area contributed by atoms with Gasteiger partial charge in [-0.15, -0.1) is 0 Å². The first-order valence-electron chi connectivity index (χ1n) is 8.66. The van der Waals surface area contributed by atoms with Gasteiger partial charge in [0.25, 0.3) is 0 Å². The van der Waals surface area contributed by atoms with Crippen LogP contribution in [0.2, 0.25) is 0 Å². The number of fused-ring (bicyclic) bond motifs is 2. The van der Waals surface area contributed by atoms with Crippen LogP contribution in [0.1, 0.15) is 25.1 Å². The summed E-state index contributed by atoms with van der Waals surface area (Å²) >= 11 is 0. The largest absolute Gasteiger partial charge is 0.338 e. The number of imidazole rings is 1. The number of benzene rings is 1. The summed E-state index contributed by atoms with van der Waals surface area (Å²) in [5, 5.41) is 0. The van der Waals surface area contributed by atoms with Crippen LogP contribution in [0.15, 0.2) is 24.3 Å². The minimum atomic E-state index is 0.224. The average Bonchev–Trinajstić information content (AvgIpc) is 2.90. The van der Waals surface area contributed by atoms with Crippen molar-refractivity contribution in [3.05, 3.63) is 30.1 Å². The van der Waals surface area contributed by atoms with Crippen molar-refractivity contribution in [2.45, 2.75) is 38.8 Å². The highest BCUT2D eigenvalue weighted by Gasteiger charge is 2.31. The molecule has 5 nitrogen and oxygen atoms in total. The highest BCUT2D eigenvalue weighted by Crippen LogP contribution is 2.22. The second-order valence-electron chi connectivity index (χ2n) is 6.76. The van der Waals surface area contributed by atoms with Crippen molar-refractivity contribution in [2.24, 2.45) is 0 Å². The van der Waals surface area contributed by atoms with E-state index in [1.165, 1.54) is 25.8 Å². The van der Waals surface area contributed by atoms with Gasteiger partial charge < -0.3 is 9.47 Å². The van der Waals surface area contributed by atoms with Gasteiger partial charge >= 0.3 is 0 Å². The number of aromatic nitrogens is 2. The van der Waals surface area contributed by atoms with Crippen LogP contribution in [0.3, 0.4) is 0 Å². The van der Waals surface area contributed by atoms with Crippen molar-refractivity contribution >= 4 is 16.9 Å². The lowest BCUT2D eigenvalue weighted by Gasteiger charge is -2.44. The molecule has 1 unspecified atom stereocenters. The minimum absolute atomic E-state index is 0.224. The molecule has 0 aliphatic carbocycles. The predicted molar refractivity (Wildman–Crippen MR) is 90.3 cm³/mol. The molecule has 2 aromatic rings. The van der Waals surface area contributed by atoms with E-state index in [9.17, 15) is 4.79 Å². The van der Waals surface area contributed by atoms with Crippen molar-refractivity contribution in [2.75, 3.05) is 26.2 Å². The Kier molecular flexibility index (Phi) is 3.81. The molecule has 2 aliphatic heterocycles. The van der Waals surface area contributed by atoms with Crippen LogP contribution in [-0.4, -0.2) is 57.5 Å². The van der Waals surface area contributed by atoms with Crippen molar-refractivity contribution in [1.82, 2.24) is 19.4 Å². The SMILES string of the molecule is Cc1nc2ccccc2n1CC(=O)N1CCN2CCCCC2C1. The van der Waals surface area contributed by atoms with Gasteiger partial charge in [-0.1, -0.05) is 18.6 Å². The highest BCUT2D eigenvalue weighted by molar-refractivity contribution is 5.81. The fraction of sp³-hybridized carbons (Fsp3) is 0.556. The van der Waals surface area contributed by atoms with Gasteiger partial charge in [0.2, 0.25) is 5.91 Å². The number of hydrogen-bond acceptors (Lipinski definition) is 3. The van der Waals surface area contributed by atoms with E-state index in [2.05, 4.69) is 14.8 Å². The second kappa shape index (κ2) is 5.96. The van der Waals surface area contributed by atoms with Gasteiger partial charge in [-0.25, -0.2) is 4.98 Å². The molecule has 1 atom stereocenters. The van der Waals surface area contributed by atoms with Gasteiger partial charge in [-0.3, -0.25) is 9.69 Å². The van der Waals surface area contributed by atoms with Crippen LogP contribution in [0.25, 0.3) is 11.0 Å². The smallest absolute Gasteiger partial charge is 0.242 e. The summed E-state index contributed by atoms with van der Waals surface area (Å²) < 4.78 is 2.05. The molecule has 0 saturated carbocycles. The Morgan fingerprint density at radius 3 is 3.00 bits per heavy atom. The Hall–Kier alpha value is -1.88. The highest BCUT2D eigenvalue weighted by atomic mass is 16.2. The normalized spacial score (nSPS) is 22.3. The molecule has 4 rings (SSSR count). The molecule has 2 fully saturated rings. The lowest BCUT2D eigenvalue weighted by atomic mass is 9.99. The monoisotopic (exact) mass is 312 g/mol. The Balaban J connectivity index is 1.50. The van der Waals surface area contributed by atoms with E-state index in [0.29, 0.717) is 12.6 Å². The van der Waals surface area contributed by atoms with Gasteiger partial charge in [-0.05, 0) is 38.4 Å². The number of piperazine rings is 1. The number of rotatable bonds is 2. The Morgan fingerprint density at radius 2 is 2.09 bits per heavy atom. The quantitative estimate of drug-likeness (QED) is 0.852. The third-order valence-corrected chi connectivity index (χ3v) is 5.33. The predicted octanol–water partition coefficient (Wildman–Crippen LogP) is 2.04. The molecule has 3 heterocycles. The fourth-order valence-electron chi connectivity index (χ4n) is 4.01. The number of hydrogen-bond donors (Lipinski definition) is 0. The molecule has 0 bridgehead atoms. The van der Waals surface area contributed by atoms with Crippen molar-refractivity contribution in [1.29, 1.82) is 0 Å². The molecule has 23 heavy (non-hydrogen) atoms. The molecule has 2 aliphatic rings. The molecular weight excluding hydrogens is 288 g/mol. The molecule has 1 aromatic heterocycles. The summed E-state index contributed by atoms with van der Waals surface area (Å²) in [5.41, 5.74) is 2.02. The van der Waals surface area contributed by atoms with E-state index in [-0.39, 0.29) is 5.91 Å². The molecule has 0 radical (unpaired) electrons. The maximum absolute atomic E-state index is 12.8. The second-order valence-corrected chi connectivity index (χ2v) is 6.76. The van der Waals surface area contributed by atoms with Crippen LogP contribution in [0.4, 0.5) is 0 Å². The first-order valence-corrected chi connectivity index (χ1v) is 8.66. The summed E-state index contributed by atoms with van der Waals surface area (Å²) in [6, 6.07) is 8.61. The number of aryl methyl sites for hydroxylation is 1. The number of amides is 1. The average molecular weight is 312 g/mol. The lowest BCUT2D eigenvalue weighted by molar-refractivity contribution is -0.135. The van der Waals surface area contributed by atoms with E-state index in [1.54, 1.807) is 0 Å². The molecule has 2 saturated heterocycles. The van der Waals surface area contributed by atoms with Crippen molar-refractivity contribution < 1.29 is 4.79 Å². The van der Waals surface area contributed by atoms with E-state index in [0.717, 1.165) is 36.5 Å². The van der Waals surface area contributed by atoms with Crippen molar-refractivity contribution in [3.63, 3.8) is 0 Å². The first-order chi connectivity index (χ1) is 11.2. The third-order valence-electron chi connectivity index (χ3n) is 5.33. The molecule has 0 N–H and O–H groups in total. The zero-order chi connectivity index (χ0) is 15.8. The number of nitrogens with zero attached hydrogens (tertiary/aromatic N) is 4. The molecule has 122 valence electrons. The summed E-state index contributed by atoms with van der Waals surface area (Å²) in [7, 11) is 0. The van der Waals surface area contributed by atoms with E-state index < -0.39 is 0 Å². The van der Waals surface area contributed by atoms with E-state index in [4.69, 9.17) is 0 Å². The summed E-state index contributed by atoms with van der Waals surface area (Å²) in [5.74, 6) is 1.14. The van der Waals surface area contributed by atoms with Crippen LogP contribution in [0, 0.1) is 6.92 Å². The van der Waals surface area contributed by atoms with Crippen LogP contribution in [0.5, 0.6) is 0 Å². The standard InChI is InChI=1S/C18H24N4O/c1-14-19-16-7-2-3-8-17(16)22(14)13-18(23)21-11-10-20-9-5-4-6-15(20)12-21/h2-3,7-8,15H,4-6,9-13H2,1H3. The Morgan fingerprint density at radius 1 is 1.22 bits per heavy atom. The number of para-hydroxylation sites is 2. The molecule has 1 aromatic carbocycles. The molecular formula is C18H24N4O. The minimum Gasteiger partial charge on any atom is -0.338 e. The van der Waals surface area contributed by atoms with Gasteiger partial charge in [0.1, 0.15) is 12.4 Å². The van der Waals surface area contributed by atoms with Gasteiger partial charge in [0.05, 0.1) is 11.0 Å². The molecule has 0 spiro atoms. The summed E-state index contributed by atoms with van der Waals surface area (Å²) in [6.07, 6.45) is 3.84. The zero-order valence-corrected chi connectivity index (χ0v) is 13.7. The zero-order valence-electron chi connectivity index (χ0n) is 13.7. The molecule has 5 heteroatoms. The van der Waals surface area contributed by atoms with Gasteiger partial charge in [0.15, 0.2) is 0 Å². The van der Waals surface area contributed by atoms with Crippen molar-refractivity contribution in [3.8, 4) is 0 Å². The maximum atomic E-state index is 12.8. The maximum Gasteiger partial charge on any atom is 0.242 e. The Labute approximate surface area is 136 Å². The summed E-state index contributed by atoms with van der Waals surface area (Å²) in [4.78, 5) is 22.0. The lowest BCUT2D eigenvalue weighted by Crippen LogP contribution is -2.56. The number of carbonyl (C=O) groups is 1. The first kappa shape index (κ1) is 14.7. The fourth-order valence-corrected chi connectivity index (χ4v) is 4.01. The Bertz CT molecular complexity index is 723. The molecule has 1 amide bonds. The summed E-state index contributed by atoms with van der Waals surface area (Å²) in [6.45, 7) is 6.37. The van der Waals surface area contributed by atoms with Crippen LogP contribution >= 0.6 is 0 Å². The van der Waals surface area contributed by atoms with Crippen LogP contribution in [-0.2, 0) is 11.3 Å². The third kappa shape index (κ3) is 2.74. The van der Waals surface area contributed by atoms with E-state index >= 15 is 0 Å². The van der Waals surface area contributed by atoms with Gasteiger partial charge in [0, 0.05) is 25.7 Å². The number of piperidine rings is 1. The van der Waals surface area contributed by atoms with Gasteiger partial charge in [-0.2, -0.15) is 0 Å².